The molecule has 170 valence electrons. The van der Waals surface area contributed by atoms with E-state index in [-0.39, 0.29) is 17.4 Å². The van der Waals surface area contributed by atoms with Gasteiger partial charge in [0.2, 0.25) is 0 Å². The molecule has 8 nitrogen and oxygen atoms in total. The minimum atomic E-state index is -0.695. The summed E-state index contributed by atoms with van der Waals surface area (Å²) < 4.78 is 7.57. The second-order valence-corrected chi connectivity index (χ2v) is 8.12. The number of benzene rings is 1. The number of ketones is 1. The summed E-state index contributed by atoms with van der Waals surface area (Å²) in [7, 11) is 0. The molecule has 1 unspecified atom stereocenters. The number of rotatable bonds is 8. The number of amides is 1. The van der Waals surface area contributed by atoms with Crippen LogP contribution in [0.15, 0.2) is 73.1 Å². The number of carbonyl (C=O) groups excluding carboxylic acids is 2. The maximum absolute atomic E-state index is 13.1. The van der Waals surface area contributed by atoms with Crippen molar-refractivity contribution in [2.75, 3.05) is 6.54 Å². The third kappa shape index (κ3) is 4.79. The summed E-state index contributed by atoms with van der Waals surface area (Å²) in [6.07, 6.45) is 9.12. The second-order valence-electron chi connectivity index (χ2n) is 8.12. The minimum absolute atomic E-state index is 0.0174. The molecule has 1 aliphatic rings. The molecule has 0 spiro atoms. The molecule has 8 heteroatoms. The molecule has 1 fully saturated rings. The Bertz CT molecular complexity index is 1140. The molecule has 1 aliphatic heterocycles. The molecule has 3 aromatic rings. The number of nitrogens with zero attached hydrogens (tertiary/aromatic N) is 4. The summed E-state index contributed by atoms with van der Waals surface area (Å²) in [4.78, 5) is 35.6. The van der Waals surface area contributed by atoms with E-state index in [1.807, 2.05) is 24.6 Å². The van der Waals surface area contributed by atoms with Gasteiger partial charge in [-0.15, -0.1) is 0 Å². The van der Waals surface area contributed by atoms with Crippen molar-refractivity contribution < 1.29 is 19.4 Å². The van der Waals surface area contributed by atoms with Crippen LogP contribution in [-0.2, 0) is 16.1 Å². The zero-order valence-corrected chi connectivity index (χ0v) is 18.6. The largest absolute Gasteiger partial charge is 0.507 e. The van der Waals surface area contributed by atoms with E-state index in [0.29, 0.717) is 36.4 Å². The van der Waals surface area contributed by atoms with Crippen LogP contribution in [0.5, 0.6) is 5.75 Å². The van der Waals surface area contributed by atoms with Gasteiger partial charge >= 0.3 is 0 Å². The van der Waals surface area contributed by atoms with E-state index in [0.717, 1.165) is 0 Å². The summed E-state index contributed by atoms with van der Waals surface area (Å²) in [5.74, 6) is -0.862. The topological polar surface area (TPSA) is 97.6 Å². The molecule has 3 heterocycles. The standard InChI is InChI=1S/C25H26N4O4/c1-17(2)33-20-6-4-19(5-7-20)23(30)21-22(18-8-10-26-11-9-18)29(25(32)24(21)31)14-3-13-28-15-12-27-16-28/h4-12,15-17,22,30H,3,13-14H2,1-2H3/b23-21-. The molecule has 0 saturated carbocycles. The van der Waals surface area contributed by atoms with E-state index >= 15 is 0 Å². The first-order valence-electron chi connectivity index (χ1n) is 10.9. The Hall–Kier alpha value is -3.94. The predicted octanol–water partition coefficient (Wildman–Crippen LogP) is 3.58. The lowest BCUT2D eigenvalue weighted by Crippen LogP contribution is -2.31. The Balaban J connectivity index is 1.67. The molecule has 0 aliphatic carbocycles. The SMILES string of the molecule is CC(C)Oc1ccc(/C(O)=C2/C(=O)C(=O)N(CCCn3ccnc3)C2c2ccncc2)cc1. The van der Waals surface area contributed by atoms with Crippen LogP contribution in [0.2, 0.25) is 0 Å². The van der Waals surface area contributed by atoms with Crippen molar-refractivity contribution in [1.82, 2.24) is 19.4 Å². The molecule has 33 heavy (non-hydrogen) atoms. The van der Waals surface area contributed by atoms with Crippen LogP contribution in [-0.4, -0.2) is 48.9 Å². The number of likely N-dealkylation sites (tertiary alicyclic amines) is 1. The number of aryl methyl sites for hydroxylation is 1. The molecular weight excluding hydrogens is 420 g/mol. The lowest BCUT2D eigenvalue weighted by molar-refractivity contribution is -0.139. The van der Waals surface area contributed by atoms with E-state index < -0.39 is 17.7 Å². The fraction of sp³-hybridized carbons (Fsp3) is 0.280. The van der Waals surface area contributed by atoms with Gasteiger partial charge in [0, 0.05) is 43.4 Å². The van der Waals surface area contributed by atoms with Gasteiger partial charge in [0.05, 0.1) is 24.0 Å². The summed E-state index contributed by atoms with van der Waals surface area (Å²) in [6.45, 7) is 4.87. The predicted molar refractivity (Wildman–Crippen MR) is 122 cm³/mol. The van der Waals surface area contributed by atoms with Gasteiger partial charge in [0.15, 0.2) is 0 Å². The zero-order chi connectivity index (χ0) is 23.4. The minimum Gasteiger partial charge on any atom is -0.507 e. The van der Waals surface area contributed by atoms with Crippen molar-refractivity contribution >= 4 is 17.4 Å². The highest BCUT2D eigenvalue weighted by Gasteiger charge is 2.45. The third-order valence-electron chi connectivity index (χ3n) is 5.44. The number of carbonyl (C=O) groups is 2. The molecule has 1 saturated heterocycles. The highest BCUT2D eigenvalue weighted by molar-refractivity contribution is 6.46. The number of aliphatic hydroxyl groups excluding tert-OH is 1. The Morgan fingerprint density at radius 1 is 1.03 bits per heavy atom. The Morgan fingerprint density at radius 2 is 1.76 bits per heavy atom. The smallest absolute Gasteiger partial charge is 0.295 e. The molecule has 1 amide bonds. The zero-order valence-electron chi connectivity index (χ0n) is 18.6. The molecule has 2 aromatic heterocycles. The molecule has 0 bridgehead atoms. The highest BCUT2D eigenvalue weighted by atomic mass is 16.5. The Morgan fingerprint density at radius 3 is 2.39 bits per heavy atom. The molecular formula is C25H26N4O4. The maximum atomic E-state index is 13.1. The van der Waals surface area contributed by atoms with E-state index in [1.54, 1.807) is 61.3 Å². The monoisotopic (exact) mass is 446 g/mol. The highest BCUT2D eigenvalue weighted by Crippen LogP contribution is 2.39. The van der Waals surface area contributed by atoms with Crippen molar-refractivity contribution in [2.24, 2.45) is 0 Å². The summed E-state index contributed by atoms with van der Waals surface area (Å²) >= 11 is 0. The fourth-order valence-electron chi connectivity index (χ4n) is 3.96. The second kappa shape index (κ2) is 9.68. The molecule has 1 atom stereocenters. The molecule has 1 N–H and O–H groups in total. The van der Waals surface area contributed by atoms with Crippen molar-refractivity contribution in [1.29, 1.82) is 0 Å². The van der Waals surface area contributed by atoms with Crippen molar-refractivity contribution in [3.05, 3.63) is 84.2 Å². The number of ether oxygens (including phenoxy) is 1. The summed E-state index contributed by atoms with van der Waals surface area (Å²) in [5.41, 5.74) is 1.24. The molecule has 0 radical (unpaired) electrons. The van der Waals surface area contributed by atoms with E-state index in [2.05, 4.69) is 9.97 Å². The van der Waals surface area contributed by atoms with Crippen LogP contribution in [0, 0.1) is 0 Å². The Labute approximate surface area is 192 Å². The quantitative estimate of drug-likeness (QED) is 0.323. The van der Waals surface area contributed by atoms with Crippen LogP contribution < -0.4 is 4.74 Å². The maximum Gasteiger partial charge on any atom is 0.295 e. The number of pyridine rings is 1. The van der Waals surface area contributed by atoms with Crippen LogP contribution in [0.25, 0.3) is 5.76 Å². The number of aliphatic hydroxyl groups is 1. The lowest BCUT2D eigenvalue weighted by atomic mass is 9.96. The number of Topliss-reactive ketones (excluding diaryl/α,β-unsaturated/α-hetero) is 1. The van der Waals surface area contributed by atoms with E-state index in [4.69, 9.17) is 4.74 Å². The first kappa shape index (κ1) is 22.3. The van der Waals surface area contributed by atoms with Gasteiger partial charge in [-0.05, 0) is 62.2 Å². The fourth-order valence-corrected chi connectivity index (χ4v) is 3.96. The van der Waals surface area contributed by atoms with Crippen molar-refractivity contribution in [2.45, 2.75) is 39.0 Å². The molecule has 4 rings (SSSR count). The van der Waals surface area contributed by atoms with Crippen molar-refractivity contribution in [3.63, 3.8) is 0 Å². The summed E-state index contributed by atoms with van der Waals surface area (Å²) in [5, 5.41) is 11.1. The van der Waals surface area contributed by atoms with Gasteiger partial charge < -0.3 is 19.3 Å². The first-order chi connectivity index (χ1) is 16.0. The average molecular weight is 447 g/mol. The average Bonchev–Trinajstić information content (AvgIpc) is 3.41. The van der Waals surface area contributed by atoms with Crippen LogP contribution in [0.1, 0.15) is 37.4 Å². The van der Waals surface area contributed by atoms with Crippen molar-refractivity contribution in [3.8, 4) is 5.75 Å². The lowest BCUT2D eigenvalue weighted by Gasteiger charge is -2.25. The number of aromatic nitrogens is 3. The van der Waals surface area contributed by atoms with Gasteiger partial charge in [-0.1, -0.05) is 0 Å². The third-order valence-corrected chi connectivity index (χ3v) is 5.44. The van der Waals surface area contributed by atoms with Crippen LogP contribution in [0.4, 0.5) is 0 Å². The number of imidazole rings is 1. The summed E-state index contributed by atoms with van der Waals surface area (Å²) in [6, 6.07) is 9.66. The Kier molecular flexibility index (Phi) is 6.53. The van der Waals surface area contributed by atoms with Gasteiger partial charge in [-0.3, -0.25) is 14.6 Å². The normalized spacial score (nSPS) is 17.7. The molecule has 1 aromatic carbocycles. The van der Waals surface area contributed by atoms with Crippen LogP contribution >= 0.6 is 0 Å². The number of hydrogen-bond acceptors (Lipinski definition) is 6. The van der Waals surface area contributed by atoms with E-state index in [1.165, 1.54) is 4.90 Å². The van der Waals surface area contributed by atoms with Gasteiger partial charge in [0.1, 0.15) is 11.5 Å². The van der Waals surface area contributed by atoms with Gasteiger partial charge in [0.25, 0.3) is 11.7 Å². The van der Waals surface area contributed by atoms with E-state index in [9.17, 15) is 14.7 Å². The van der Waals surface area contributed by atoms with Gasteiger partial charge in [-0.2, -0.15) is 0 Å². The van der Waals surface area contributed by atoms with Gasteiger partial charge in [-0.25, -0.2) is 4.98 Å². The first-order valence-corrected chi connectivity index (χ1v) is 10.9. The van der Waals surface area contributed by atoms with Crippen LogP contribution in [0.3, 0.4) is 0 Å². The number of hydrogen-bond donors (Lipinski definition) is 1.